The van der Waals surface area contributed by atoms with Crippen molar-refractivity contribution in [3.63, 3.8) is 0 Å². The third kappa shape index (κ3) is 4.48. The van der Waals surface area contributed by atoms with E-state index in [2.05, 4.69) is 22.5 Å². The number of nitrogens with one attached hydrogen (secondary N) is 2. The summed E-state index contributed by atoms with van der Waals surface area (Å²) < 4.78 is 0. The molecule has 2 amide bonds. The molecule has 1 aromatic rings. The van der Waals surface area contributed by atoms with Gasteiger partial charge in [-0.3, -0.25) is 4.90 Å². The van der Waals surface area contributed by atoms with Gasteiger partial charge in [0.15, 0.2) is 0 Å². The predicted octanol–water partition coefficient (Wildman–Crippen LogP) is 3.26. The Bertz CT molecular complexity index is 536. The molecule has 2 heterocycles. The van der Waals surface area contributed by atoms with Crippen molar-refractivity contribution < 1.29 is 4.79 Å². The van der Waals surface area contributed by atoms with E-state index in [9.17, 15) is 4.79 Å². The number of amides is 2. The first-order valence-corrected chi connectivity index (χ1v) is 10.2. The van der Waals surface area contributed by atoms with Crippen LogP contribution in [-0.4, -0.2) is 41.6 Å². The molecule has 6 heteroatoms. The number of piperidine rings is 1. The molecular formula is C18H30N4OS. The Hall–Kier alpha value is -1.14. The summed E-state index contributed by atoms with van der Waals surface area (Å²) in [5.74, 6) is 0. The minimum absolute atomic E-state index is 0.0190. The van der Waals surface area contributed by atoms with Gasteiger partial charge in [-0.25, -0.2) is 9.78 Å². The van der Waals surface area contributed by atoms with Gasteiger partial charge in [0.2, 0.25) is 0 Å². The van der Waals surface area contributed by atoms with Crippen molar-refractivity contribution in [1.82, 2.24) is 20.5 Å². The molecule has 2 unspecified atom stereocenters. The van der Waals surface area contributed by atoms with Crippen molar-refractivity contribution in [2.45, 2.75) is 70.9 Å². The largest absolute Gasteiger partial charge is 0.337 e. The van der Waals surface area contributed by atoms with Crippen molar-refractivity contribution in [3.05, 3.63) is 15.6 Å². The summed E-state index contributed by atoms with van der Waals surface area (Å²) in [5, 5.41) is 7.07. The van der Waals surface area contributed by atoms with Crippen molar-refractivity contribution in [2.24, 2.45) is 0 Å². The lowest BCUT2D eigenvalue weighted by atomic mass is 10.0. The van der Waals surface area contributed by atoms with Crippen molar-refractivity contribution in [2.75, 3.05) is 19.6 Å². The van der Waals surface area contributed by atoms with E-state index in [1.54, 1.807) is 11.3 Å². The van der Waals surface area contributed by atoms with Crippen LogP contribution in [0.1, 0.15) is 67.6 Å². The molecule has 0 spiro atoms. The van der Waals surface area contributed by atoms with E-state index in [0.717, 1.165) is 30.9 Å². The molecule has 0 saturated carbocycles. The van der Waals surface area contributed by atoms with Crippen LogP contribution in [0.3, 0.4) is 0 Å². The average molecular weight is 351 g/mol. The number of urea groups is 1. The highest BCUT2D eigenvalue weighted by molar-refractivity contribution is 7.11. The third-order valence-electron chi connectivity index (χ3n) is 5.21. The molecule has 1 fully saturated rings. The van der Waals surface area contributed by atoms with E-state index in [1.165, 1.54) is 42.7 Å². The first-order valence-electron chi connectivity index (χ1n) is 9.40. The Morgan fingerprint density at radius 2 is 2.17 bits per heavy atom. The van der Waals surface area contributed by atoms with Gasteiger partial charge in [0.1, 0.15) is 5.01 Å². The van der Waals surface area contributed by atoms with Gasteiger partial charge < -0.3 is 10.6 Å². The van der Waals surface area contributed by atoms with Gasteiger partial charge in [0.05, 0.1) is 11.7 Å². The van der Waals surface area contributed by atoms with Crippen LogP contribution in [0.25, 0.3) is 0 Å². The molecule has 1 aliphatic heterocycles. The zero-order valence-electron chi connectivity index (χ0n) is 14.9. The van der Waals surface area contributed by atoms with Crippen LogP contribution in [-0.2, 0) is 12.8 Å². The number of rotatable bonds is 5. The Morgan fingerprint density at radius 1 is 1.33 bits per heavy atom. The number of carbonyl (C=O) groups is 1. The van der Waals surface area contributed by atoms with E-state index >= 15 is 0 Å². The molecule has 5 nitrogen and oxygen atoms in total. The second kappa shape index (κ2) is 8.30. The minimum Gasteiger partial charge on any atom is -0.337 e. The van der Waals surface area contributed by atoms with Crippen LogP contribution < -0.4 is 10.6 Å². The number of carbonyl (C=O) groups excluding carboxylic acids is 1. The topological polar surface area (TPSA) is 57.3 Å². The molecule has 0 aromatic carbocycles. The quantitative estimate of drug-likeness (QED) is 0.857. The monoisotopic (exact) mass is 350 g/mol. The van der Waals surface area contributed by atoms with E-state index in [4.69, 9.17) is 4.98 Å². The molecule has 2 aliphatic rings. The van der Waals surface area contributed by atoms with E-state index in [-0.39, 0.29) is 12.1 Å². The maximum Gasteiger partial charge on any atom is 0.315 e. The van der Waals surface area contributed by atoms with Crippen LogP contribution in [0, 0.1) is 0 Å². The van der Waals surface area contributed by atoms with Crippen LogP contribution in [0.5, 0.6) is 0 Å². The molecule has 3 rings (SSSR count). The Kier molecular flexibility index (Phi) is 6.11. The number of fused-ring (bicyclic) bond motifs is 1. The lowest BCUT2D eigenvalue weighted by molar-refractivity contribution is 0.161. The highest BCUT2D eigenvalue weighted by Crippen LogP contribution is 2.29. The van der Waals surface area contributed by atoms with Crippen LogP contribution >= 0.6 is 11.3 Å². The Morgan fingerprint density at radius 3 is 2.96 bits per heavy atom. The summed E-state index contributed by atoms with van der Waals surface area (Å²) in [6.07, 6.45) is 8.65. The smallest absolute Gasteiger partial charge is 0.315 e. The van der Waals surface area contributed by atoms with Gasteiger partial charge in [-0.1, -0.05) is 6.42 Å². The average Bonchev–Trinajstić information content (AvgIpc) is 3.01. The molecule has 24 heavy (non-hydrogen) atoms. The third-order valence-corrected chi connectivity index (χ3v) is 6.55. The van der Waals surface area contributed by atoms with Crippen molar-refractivity contribution in [3.8, 4) is 0 Å². The number of aromatic nitrogens is 1. The first-order chi connectivity index (χ1) is 11.6. The molecule has 1 aliphatic carbocycles. The molecule has 0 bridgehead atoms. The number of hydrogen-bond donors (Lipinski definition) is 2. The zero-order chi connectivity index (χ0) is 16.9. The summed E-state index contributed by atoms with van der Waals surface area (Å²) in [6.45, 7) is 7.11. The van der Waals surface area contributed by atoms with Gasteiger partial charge in [0, 0.05) is 24.0 Å². The fourth-order valence-electron chi connectivity index (χ4n) is 3.67. The Balaban J connectivity index is 1.42. The number of likely N-dealkylation sites (tertiary alicyclic amines) is 1. The Labute approximate surface area is 149 Å². The lowest BCUT2D eigenvalue weighted by Crippen LogP contribution is -2.44. The molecule has 0 radical (unpaired) electrons. The molecule has 1 aromatic heterocycles. The fourth-order valence-corrected chi connectivity index (χ4v) is 4.83. The normalized spacial score (nSPS) is 22.7. The summed E-state index contributed by atoms with van der Waals surface area (Å²) >= 11 is 1.77. The number of aryl methyl sites for hydroxylation is 2. The highest BCUT2D eigenvalue weighted by atomic mass is 32.1. The van der Waals surface area contributed by atoms with Gasteiger partial charge >= 0.3 is 6.03 Å². The van der Waals surface area contributed by atoms with Crippen LogP contribution in [0.2, 0.25) is 0 Å². The predicted molar refractivity (Wildman–Crippen MR) is 98.6 cm³/mol. The second-order valence-corrected chi connectivity index (χ2v) is 8.25. The summed E-state index contributed by atoms with van der Waals surface area (Å²) in [5.41, 5.74) is 1.26. The maximum atomic E-state index is 12.1. The molecule has 1 saturated heterocycles. The fraction of sp³-hybridized carbons (Fsp3) is 0.778. The first kappa shape index (κ1) is 17.7. The van der Waals surface area contributed by atoms with E-state index in [0.29, 0.717) is 12.6 Å². The molecule has 134 valence electrons. The van der Waals surface area contributed by atoms with Gasteiger partial charge in [-0.05, 0) is 58.9 Å². The van der Waals surface area contributed by atoms with E-state index in [1.807, 2.05) is 6.92 Å². The minimum atomic E-state index is -0.0830. The number of nitrogens with zero attached hydrogens (tertiary/aromatic N) is 2. The van der Waals surface area contributed by atoms with Crippen molar-refractivity contribution >= 4 is 17.4 Å². The SMILES string of the molecule is CC(NC(=O)NCCN1CCCCC1C)c1nc2c(s1)CCCC2. The highest BCUT2D eigenvalue weighted by Gasteiger charge is 2.20. The van der Waals surface area contributed by atoms with Gasteiger partial charge in [0.25, 0.3) is 0 Å². The van der Waals surface area contributed by atoms with Crippen LogP contribution in [0.15, 0.2) is 0 Å². The number of thiazole rings is 1. The summed E-state index contributed by atoms with van der Waals surface area (Å²) in [6, 6.07) is 0.541. The second-order valence-electron chi connectivity index (χ2n) is 7.13. The van der Waals surface area contributed by atoms with Crippen molar-refractivity contribution in [1.29, 1.82) is 0 Å². The molecular weight excluding hydrogens is 320 g/mol. The maximum absolute atomic E-state index is 12.1. The molecule has 2 atom stereocenters. The van der Waals surface area contributed by atoms with Gasteiger partial charge in [-0.15, -0.1) is 11.3 Å². The van der Waals surface area contributed by atoms with E-state index < -0.39 is 0 Å². The summed E-state index contributed by atoms with van der Waals surface area (Å²) in [4.78, 5) is 20.8. The summed E-state index contributed by atoms with van der Waals surface area (Å²) in [7, 11) is 0. The molecule has 2 N–H and O–H groups in total. The number of hydrogen-bond acceptors (Lipinski definition) is 4. The van der Waals surface area contributed by atoms with Gasteiger partial charge in [-0.2, -0.15) is 0 Å². The zero-order valence-corrected chi connectivity index (χ0v) is 15.8. The van der Waals surface area contributed by atoms with Crippen LogP contribution in [0.4, 0.5) is 4.79 Å². The standard InChI is InChI=1S/C18H30N4OS/c1-13-7-5-6-11-22(13)12-10-19-18(23)20-14(2)17-21-15-8-3-4-9-16(15)24-17/h13-14H,3-12H2,1-2H3,(H2,19,20,23). The lowest BCUT2D eigenvalue weighted by Gasteiger charge is -2.33.